The number of fused-ring (bicyclic) bond motifs is 3. The zero-order valence-electron chi connectivity index (χ0n) is 21.1. The summed E-state index contributed by atoms with van der Waals surface area (Å²) in [6.45, 7) is 4.52. The van der Waals surface area contributed by atoms with Crippen molar-refractivity contribution in [1.29, 1.82) is 0 Å². The van der Waals surface area contributed by atoms with Crippen molar-refractivity contribution in [3.05, 3.63) is 65.4 Å². The molecule has 0 amide bonds. The molecule has 0 spiro atoms. The SMILES string of the molecule is COC(=O)c1ccc2c(c1)[nH]c1cc(Cc3cccc(OC)c3)nc(NCCCCN3CCCC3)c12. The number of pyridine rings is 1. The van der Waals surface area contributed by atoms with Crippen molar-refractivity contribution in [1.82, 2.24) is 14.9 Å². The van der Waals surface area contributed by atoms with E-state index in [2.05, 4.69) is 27.3 Å². The Morgan fingerprint density at radius 1 is 1.06 bits per heavy atom. The second-order valence-electron chi connectivity index (χ2n) is 9.47. The third kappa shape index (κ3) is 5.31. The van der Waals surface area contributed by atoms with Crippen LogP contribution in [0, 0.1) is 0 Å². The Hall–Kier alpha value is -3.58. The lowest BCUT2D eigenvalue weighted by Crippen LogP contribution is -2.21. The Kier molecular flexibility index (Phi) is 7.37. The number of carbonyl (C=O) groups is 1. The van der Waals surface area contributed by atoms with Crippen molar-refractivity contribution >= 4 is 33.6 Å². The van der Waals surface area contributed by atoms with Gasteiger partial charge in [-0.25, -0.2) is 9.78 Å². The van der Waals surface area contributed by atoms with Crippen molar-refractivity contribution in [3.63, 3.8) is 0 Å². The summed E-state index contributed by atoms with van der Waals surface area (Å²) in [4.78, 5) is 23.2. The minimum atomic E-state index is -0.344. The first kappa shape index (κ1) is 24.1. The lowest BCUT2D eigenvalue weighted by Gasteiger charge is -2.14. The van der Waals surface area contributed by atoms with Crippen LogP contribution in [0.3, 0.4) is 0 Å². The largest absolute Gasteiger partial charge is 0.497 e. The van der Waals surface area contributed by atoms with E-state index in [4.69, 9.17) is 14.5 Å². The average Bonchev–Trinajstić information content (AvgIpc) is 3.55. The molecular weight excluding hydrogens is 452 g/mol. The molecule has 1 aliphatic rings. The van der Waals surface area contributed by atoms with Crippen LogP contribution < -0.4 is 10.1 Å². The van der Waals surface area contributed by atoms with Gasteiger partial charge in [-0.3, -0.25) is 0 Å². The number of benzene rings is 2. The van der Waals surface area contributed by atoms with Gasteiger partial charge in [0.15, 0.2) is 0 Å². The zero-order chi connectivity index (χ0) is 24.9. The van der Waals surface area contributed by atoms with Crippen molar-refractivity contribution in [3.8, 4) is 5.75 Å². The molecule has 0 bridgehead atoms. The first-order chi connectivity index (χ1) is 17.6. The average molecular weight is 487 g/mol. The number of carbonyl (C=O) groups excluding carboxylic acids is 1. The van der Waals surface area contributed by atoms with Gasteiger partial charge < -0.3 is 24.7 Å². The van der Waals surface area contributed by atoms with Gasteiger partial charge in [0.2, 0.25) is 0 Å². The van der Waals surface area contributed by atoms with Gasteiger partial charge in [0.25, 0.3) is 0 Å². The topological polar surface area (TPSA) is 79.5 Å². The molecule has 0 unspecified atom stereocenters. The molecule has 0 saturated carbocycles. The molecule has 5 rings (SSSR count). The molecule has 188 valence electrons. The minimum absolute atomic E-state index is 0.344. The highest BCUT2D eigenvalue weighted by molar-refractivity contribution is 6.13. The number of aromatic amines is 1. The van der Waals surface area contributed by atoms with Gasteiger partial charge in [-0.15, -0.1) is 0 Å². The van der Waals surface area contributed by atoms with Gasteiger partial charge >= 0.3 is 5.97 Å². The number of rotatable bonds is 10. The summed E-state index contributed by atoms with van der Waals surface area (Å²) in [7, 11) is 3.08. The normalized spacial score (nSPS) is 13.9. The highest BCUT2D eigenvalue weighted by Crippen LogP contribution is 2.32. The molecule has 3 heterocycles. The standard InChI is InChI=1S/C29H34N4O3/c1-35-23-9-7-8-20(17-23)16-22-19-26-27(24-11-10-21(29(34)36-2)18-25(24)32-26)28(31-22)30-12-3-4-13-33-14-5-6-15-33/h7-11,17-19,32H,3-6,12-16H2,1-2H3,(H,30,31). The quantitative estimate of drug-likeness (QED) is 0.231. The summed E-state index contributed by atoms with van der Waals surface area (Å²) in [5.41, 5.74) is 4.53. The van der Waals surface area contributed by atoms with Crippen molar-refractivity contribution in [2.45, 2.75) is 32.1 Å². The van der Waals surface area contributed by atoms with E-state index in [1.165, 1.54) is 46.0 Å². The van der Waals surface area contributed by atoms with Crippen molar-refractivity contribution in [2.75, 3.05) is 45.7 Å². The Morgan fingerprint density at radius 3 is 2.72 bits per heavy atom. The van der Waals surface area contributed by atoms with E-state index in [9.17, 15) is 4.79 Å². The van der Waals surface area contributed by atoms with Crippen LogP contribution in [0.25, 0.3) is 21.8 Å². The number of hydrogen-bond donors (Lipinski definition) is 2. The monoisotopic (exact) mass is 486 g/mol. The maximum absolute atomic E-state index is 12.1. The third-order valence-corrected chi connectivity index (χ3v) is 6.96. The molecule has 2 aromatic carbocycles. The maximum atomic E-state index is 12.1. The third-order valence-electron chi connectivity index (χ3n) is 6.96. The number of ether oxygens (including phenoxy) is 2. The fourth-order valence-corrected chi connectivity index (χ4v) is 5.11. The highest BCUT2D eigenvalue weighted by atomic mass is 16.5. The van der Waals surface area contributed by atoms with E-state index in [0.29, 0.717) is 12.0 Å². The van der Waals surface area contributed by atoms with Crippen LogP contribution in [-0.4, -0.2) is 61.2 Å². The second-order valence-corrected chi connectivity index (χ2v) is 9.47. The number of nitrogens with one attached hydrogen (secondary N) is 2. The van der Waals surface area contributed by atoms with Crippen LogP contribution in [0.4, 0.5) is 5.82 Å². The number of hydrogen-bond acceptors (Lipinski definition) is 6. The van der Waals surface area contributed by atoms with Crippen LogP contribution in [0.1, 0.15) is 47.3 Å². The fourth-order valence-electron chi connectivity index (χ4n) is 5.11. The smallest absolute Gasteiger partial charge is 0.337 e. The molecule has 1 fully saturated rings. The number of anilines is 1. The molecule has 4 aromatic rings. The van der Waals surface area contributed by atoms with E-state index < -0.39 is 0 Å². The number of aromatic nitrogens is 2. The maximum Gasteiger partial charge on any atom is 0.337 e. The van der Waals surface area contributed by atoms with Gasteiger partial charge in [-0.2, -0.15) is 0 Å². The van der Waals surface area contributed by atoms with Crippen LogP contribution in [0.5, 0.6) is 5.75 Å². The zero-order valence-corrected chi connectivity index (χ0v) is 21.1. The van der Waals surface area contributed by atoms with E-state index in [1.807, 2.05) is 36.4 Å². The summed E-state index contributed by atoms with van der Waals surface area (Å²) in [5.74, 6) is 1.37. The van der Waals surface area contributed by atoms with E-state index in [1.54, 1.807) is 7.11 Å². The van der Waals surface area contributed by atoms with Gasteiger partial charge in [0.05, 0.1) is 25.3 Å². The van der Waals surface area contributed by atoms with Gasteiger partial charge in [0.1, 0.15) is 11.6 Å². The number of unbranched alkanes of at least 4 members (excludes halogenated alkanes) is 1. The predicted molar refractivity (Wildman–Crippen MR) is 144 cm³/mol. The summed E-state index contributed by atoms with van der Waals surface area (Å²) in [6.07, 6.45) is 5.63. The summed E-state index contributed by atoms with van der Waals surface area (Å²) >= 11 is 0. The number of H-pyrrole nitrogens is 1. The van der Waals surface area contributed by atoms with E-state index in [0.717, 1.165) is 57.6 Å². The van der Waals surface area contributed by atoms with Crippen molar-refractivity contribution in [2.24, 2.45) is 0 Å². The van der Waals surface area contributed by atoms with Crippen LogP contribution >= 0.6 is 0 Å². The summed E-state index contributed by atoms with van der Waals surface area (Å²) in [6, 6.07) is 15.8. The molecule has 7 heteroatoms. The Morgan fingerprint density at radius 2 is 1.92 bits per heavy atom. The lowest BCUT2D eigenvalue weighted by atomic mass is 10.1. The first-order valence-corrected chi connectivity index (χ1v) is 12.8. The van der Waals surface area contributed by atoms with Gasteiger partial charge in [-0.05, 0) is 81.2 Å². The van der Waals surface area contributed by atoms with Crippen molar-refractivity contribution < 1.29 is 14.3 Å². The molecular formula is C29H34N4O3. The van der Waals surface area contributed by atoms with E-state index >= 15 is 0 Å². The molecule has 2 aromatic heterocycles. The Labute approximate surface area is 211 Å². The number of nitrogens with zero attached hydrogens (tertiary/aromatic N) is 2. The fraction of sp³-hybridized carbons (Fsp3) is 0.379. The van der Waals surface area contributed by atoms with Gasteiger partial charge in [0, 0.05) is 34.9 Å². The number of likely N-dealkylation sites (tertiary alicyclic amines) is 1. The molecule has 0 atom stereocenters. The van der Waals surface area contributed by atoms with Crippen LogP contribution in [-0.2, 0) is 11.2 Å². The molecule has 1 aliphatic heterocycles. The molecule has 36 heavy (non-hydrogen) atoms. The second kappa shape index (κ2) is 11.0. The number of esters is 1. The molecule has 0 radical (unpaired) electrons. The molecule has 2 N–H and O–H groups in total. The predicted octanol–water partition coefficient (Wildman–Crippen LogP) is 5.39. The number of methoxy groups -OCH3 is 2. The van der Waals surface area contributed by atoms with Crippen LogP contribution in [0.2, 0.25) is 0 Å². The van der Waals surface area contributed by atoms with Gasteiger partial charge in [-0.1, -0.05) is 18.2 Å². The van der Waals surface area contributed by atoms with E-state index in [-0.39, 0.29) is 5.97 Å². The first-order valence-electron chi connectivity index (χ1n) is 12.8. The van der Waals surface area contributed by atoms with Crippen LogP contribution in [0.15, 0.2) is 48.5 Å². The minimum Gasteiger partial charge on any atom is -0.497 e. The Bertz CT molecular complexity index is 1360. The summed E-state index contributed by atoms with van der Waals surface area (Å²) in [5, 5.41) is 5.71. The molecule has 7 nitrogen and oxygen atoms in total. The molecule has 1 saturated heterocycles. The Balaban J connectivity index is 1.43. The molecule has 0 aliphatic carbocycles. The summed E-state index contributed by atoms with van der Waals surface area (Å²) < 4.78 is 10.3. The highest BCUT2D eigenvalue weighted by Gasteiger charge is 2.16. The lowest BCUT2D eigenvalue weighted by molar-refractivity contribution is 0.0601.